The topological polar surface area (TPSA) is 96.7 Å². The number of benzene rings is 1. The predicted octanol–water partition coefficient (Wildman–Crippen LogP) is 3.47. The fourth-order valence-electron chi connectivity index (χ4n) is 2.36. The first-order valence-corrected chi connectivity index (χ1v) is 7.84. The Labute approximate surface area is 140 Å². The molecule has 1 aromatic carbocycles. The second-order valence-electron chi connectivity index (χ2n) is 4.93. The zero-order valence-electron chi connectivity index (χ0n) is 12.7. The molecule has 0 radical (unpaired) electrons. The van der Waals surface area contributed by atoms with Crippen LogP contribution in [-0.4, -0.2) is 21.4 Å². The van der Waals surface area contributed by atoms with Crippen molar-refractivity contribution in [2.45, 2.75) is 6.92 Å². The Morgan fingerprint density at radius 1 is 1.38 bits per heavy atom. The van der Waals surface area contributed by atoms with E-state index >= 15 is 0 Å². The Hall–Kier alpha value is -3.00. The highest BCUT2D eigenvalue weighted by Crippen LogP contribution is 2.29. The monoisotopic (exact) mass is 343 g/mol. The number of nitrogens with two attached hydrogens (primary N) is 1. The average molecular weight is 343 g/mol. The number of halogens is 1. The zero-order chi connectivity index (χ0) is 17.1. The molecule has 0 aliphatic rings. The van der Waals surface area contributed by atoms with Crippen LogP contribution in [0.4, 0.5) is 15.8 Å². The van der Waals surface area contributed by atoms with Crippen molar-refractivity contribution in [2.75, 3.05) is 5.32 Å². The van der Waals surface area contributed by atoms with Gasteiger partial charge in [-0.05, 0) is 31.2 Å². The fraction of sp³-hybridized carbons (Fsp3) is 0.0625. The number of nitrogens with one attached hydrogen (secondary N) is 2. The summed E-state index contributed by atoms with van der Waals surface area (Å²) in [4.78, 5) is 20.1. The number of carbonyl (C=O) groups is 1. The molecule has 4 rings (SSSR count). The summed E-state index contributed by atoms with van der Waals surface area (Å²) < 4.78 is 14.5. The quantitative estimate of drug-likeness (QED) is 0.486. The number of anilines is 2. The number of primary amides is 1. The number of aromatic amines is 1. The Morgan fingerprint density at radius 2 is 2.17 bits per heavy atom. The fourth-order valence-corrected chi connectivity index (χ4v) is 3.16. The van der Waals surface area contributed by atoms with Gasteiger partial charge in [-0.15, -0.1) is 11.3 Å². The summed E-state index contributed by atoms with van der Waals surface area (Å²) in [6.07, 6.45) is 3.24. The lowest BCUT2D eigenvalue weighted by atomic mass is 10.2. The third-order valence-electron chi connectivity index (χ3n) is 3.27. The van der Waals surface area contributed by atoms with E-state index in [0.29, 0.717) is 5.65 Å². The molecular formula is C16H14FN5OS. The number of aromatic nitrogens is 3. The number of pyridine rings is 1. The molecule has 0 aliphatic carbocycles. The second-order valence-corrected chi connectivity index (χ2v) is 6.16. The lowest BCUT2D eigenvalue weighted by Gasteiger charge is -2.04. The molecule has 1 amide bonds. The minimum atomic E-state index is -0.351. The van der Waals surface area contributed by atoms with Crippen molar-refractivity contribution in [1.82, 2.24) is 15.0 Å². The van der Waals surface area contributed by atoms with Gasteiger partial charge in [0, 0.05) is 17.3 Å². The van der Waals surface area contributed by atoms with Crippen molar-refractivity contribution in [3.8, 4) is 0 Å². The normalized spacial score (nSPS) is 10.4. The highest BCUT2D eigenvalue weighted by molar-refractivity contribution is 7.18. The summed E-state index contributed by atoms with van der Waals surface area (Å²) in [7, 11) is 0. The molecule has 122 valence electrons. The number of thiazole rings is 1. The van der Waals surface area contributed by atoms with E-state index < -0.39 is 0 Å². The van der Waals surface area contributed by atoms with Gasteiger partial charge in [0.25, 0.3) is 0 Å². The van der Waals surface area contributed by atoms with E-state index in [1.807, 2.05) is 25.1 Å². The Kier molecular flexibility index (Phi) is 4.39. The average Bonchev–Trinajstić information content (AvgIpc) is 3.10. The molecule has 3 heterocycles. The lowest BCUT2D eigenvalue weighted by molar-refractivity contribution is -0.106. The SMILES string of the molecule is Cc1nc2cc(Nc3c[nH]c4ncc(F)cc34)ccc2s1.NC=O. The highest BCUT2D eigenvalue weighted by atomic mass is 32.1. The Morgan fingerprint density at radius 3 is 2.96 bits per heavy atom. The van der Waals surface area contributed by atoms with Gasteiger partial charge < -0.3 is 16.0 Å². The van der Waals surface area contributed by atoms with Gasteiger partial charge in [0.2, 0.25) is 6.41 Å². The smallest absolute Gasteiger partial charge is 0.204 e. The maximum absolute atomic E-state index is 13.3. The van der Waals surface area contributed by atoms with Crippen LogP contribution in [0.25, 0.3) is 21.3 Å². The number of aryl methyl sites for hydroxylation is 1. The van der Waals surface area contributed by atoms with E-state index in [1.54, 1.807) is 17.5 Å². The van der Waals surface area contributed by atoms with E-state index in [1.165, 1.54) is 12.3 Å². The largest absolute Gasteiger partial charge is 0.372 e. The number of carbonyl (C=O) groups excluding carboxylic acids is 1. The van der Waals surface area contributed by atoms with E-state index in [2.05, 4.69) is 26.0 Å². The molecule has 0 unspecified atom stereocenters. The van der Waals surface area contributed by atoms with Crippen LogP contribution >= 0.6 is 11.3 Å². The molecule has 4 aromatic rings. The van der Waals surface area contributed by atoms with Crippen molar-refractivity contribution >= 4 is 50.4 Å². The molecule has 0 fully saturated rings. The minimum absolute atomic E-state index is 0.250. The highest BCUT2D eigenvalue weighted by Gasteiger charge is 2.07. The summed E-state index contributed by atoms with van der Waals surface area (Å²) in [5.41, 5.74) is 7.50. The number of rotatable bonds is 2. The van der Waals surface area contributed by atoms with Gasteiger partial charge in [-0.25, -0.2) is 14.4 Å². The number of nitrogens with zero attached hydrogens (tertiary/aromatic N) is 2. The number of hydrogen-bond donors (Lipinski definition) is 3. The van der Waals surface area contributed by atoms with Crippen LogP contribution in [0.3, 0.4) is 0 Å². The molecule has 0 bridgehead atoms. The molecule has 0 saturated heterocycles. The van der Waals surface area contributed by atoms with Crippen molar-refractivity contribution in [1.29, 1.82) is 0 Å². The number of amides is 1. The van der Waals surface area contributed by atoms with E-state index in [-0.39, 0.29) is 12.2 Å². The Bertz CT molecular complexity index is 1010. The van der Waals surface area contributed by atoms with Gasteiger partial charge in [-0.2, -0.15) is 0 Å². The van der Waals surface area contributed by atoms with Crippen LogP contribution in [0.1, 0.15) is 5.01 Å². The molecule has 6 nitrogen and oxygen atoms in total. The van der Waals surface area contributed by atoms with Gasteiger partial charge >= 0.3 is 0 Å². The van der Waals surface area contributed by atoms with E-state index in [0.717, 1.165) is 32.0 Å². The molecule has 24 heavy (non-hydrogen) atoms. The molecule has 0 aliphatic heterocycles. The van der Waals surface area contributed by atoms with Crippen LogP contribution in [-0.2, 0) is 4.79 Å². The maximum Gasteiger partial charge on any atom is 0.204 e. The molecule has 8 heteroatoms. The van der Waals surface area contributed by atoms with E-state index in [4.69, 9.17) is 4.79 Å². The maximum atomic E-state index is 13.3. The lowest BCUT2D eigenvalue weighted by Crippen LogP contribution is -1.89. The minimum Gasteiger partial charge on any atom is -0.372 e. The second kappa shape index (κ2) is 6.63. The Balaban J connectivity index is 0.000000526. The first-order valence-electron chi connectivity index (χ1n) is 7.03. The summed E-state index contributed by atoms with van der Waals surface area (Å²) in [6.45, 7) is 1.99. The first-order chi connectivity index (χ1) is 11.6. The van der Waals surface area contributed by atoms with Crippen LogP contribution in [0.5, 0.6) is 0 Å². The van der Waals surface area contributed by atoms with Crippen LogP contribution in [0.15, 0.2) is 36.7 Å². The van der Waals surface area contributed by atoms with Gasteiger partial charge in [0.05, 0.1) is 27.1 Å². The third-order valence-corrected chi connectivity index (χ3v) is 4.22. The van der Waals surface area contributed by atoms with Gasteiger partial charge in [-0.1, -0.05) is 0 Å². The third kappa shape index (κ3) is 3.18. The molecule has 3 aromatic heterocycles. The molecular weight excluding hydrogens is 329 g/mol. The summed E-state index contributed by atoms with van der Waals surface area (Å²) >= 11 is 1.67. The summed E-state index contributed by atoms with van der Waals surface area (Å²) in [5.74, 6) is -0.351. The standard InChI is InChI=1S/C15H11FN4S.CH3NO/c1-8-19-12-5-10(2-3-14(12)21-8)20-13-7-18-15-11(13)4-9(16)6-17-15;2-1-3/h2-7,20H,1H3,(H,17,18);1H,(H2,2,3). The number of hydrogen-bond acceptors (Lipinski definition) is 5. The molecule has 0 saturated carbocycles. The van der Waals surface area contributed by atoms with E-state index in [9.17, 15) is 4.39 Å². The number of fused-ring (bicyclic) bond motifs is 2. The van der Waals surface area contributed by atoms with Crippen molar-refractivity contribution < 1.29 is 9.18 Å². The molecule has 4 N–H and O–H groups in total. The zero-order valence-corrected chi connectivity index (χ0v) is 13.5. The van der Waals surface area contributed by atoms with Crippen molar-refractivity contribution in [3.05, 3.63) is 47.5 Å². The summed E-state index contributed by atoms with van der Waals surface area (Å²) in [5, 5.41) is 5.05. The van der Waals surface area contributed by atoms with Gasteiger partial charge in [-0.3, -0.25) is 4.79 Å². The van der Waals surface area contributed by atoms with Crippen LogP contribution < -0.4 is 11.1 Å². The first kappa shape index (κ1) is 15.9. The van der Waals surface area contributed by atoms with Crippen LogP contribution in [0, 0.1) is 12.7 Å². The molecule has 0 spiro atoms. The van der Waals surface area contributed by atoms with Gasteiger partial charge in [0.1, 0.15) is 11.5 Å². The van der Waals surface area contributed by atoms with Crippen LogP contribution in [0.2, 0.25) is 0 Å². The molecule has 0 atom stereocenters. The summed E-state index contributed by atoms with van der Waals surface area (Å²) in [6, 6.07) is 7.48. The predicted molar refractivity (Wildman–Crippen MR) is 93.9 cm³/mol. The van der Waals surface area contributed by atoms with Crippen molar-refractivity contribution in [3.63, 3.8) is 0 Å². The van der Waals surface area contributed by atoms with Gasteiger partial charge in [0.15, 0.2) is 0 Å². The number of H-pyrrole nitrogens is 1. The van der Waals surface area contributed by atoms with Crippen molar-refractivity contribution in [2.24, 2.45) is 5.73 Å².